The predicted molar refractivity (Wildman–Crippen MR) is 70.2 cm³/mol. The molecule has 0 aliphatic heterocycles. The van der Waals surface area contributed by atoms with Crippen LogP contribution in [-0.4, -0.2) is 18.6 Å². The smallest absolute Gasteiger partial charge is 0.336 e. The molecule has 0 bridgehead atoms. The number of nitrogens with zero attached hydrogens (tertiary/aromatic N) is 1. The van der Waals surface area contributed by atoms with Crippen molar-refractivity contribution in [2.45, 2.75) is 13.0 Å². The van der Waals surface area contributed by atoms with E-state index in [1.165, 1.54) is 0 Å². The van der Waals surface area contributed by atoms with Crippen molar-refractivity contribution in [2.75, 3.05) is 11.9 Å². The van der Waals surface area contributed by atoms with Crippen molar-refractivity contribution in [1.29, 1.82) is 5.26 Å². The Morgan fingerprint density at radius 3 is 2.67 bits per heavy atom. The first kappa shape index (κ1) is 14.1. The average Bonchev–Trinajstić information content (AvgIpc) is 2.37. The van der Waals surface area contributed by atoms with Crippen molar-refractivity contribution >= 4 is 23.3 Å². The van der Waals surface area contributed by atoms with E-state index in [9.17, 15) is 4.79 Å². The SMILES string of the molecule is C=C(C(=O)OCC)C(C#N)Nc1ccc(Cl)cc1. The largest absolute Gasteiger partial charge is 0.463 e. The maximum Gasteiger partial charge on any atom is 0.336 e. The number of nitriles is 1. The van der Waals surface area contributed by atoms with E-state index in [4.69, 9.17) is 21.6 Å². The van der Waals surface area contributed by atoms with Gasteiger partial charge >= 0.3 is 5.97 Å². The maximum absolute atomic E-state index is 11.5. The highest BCUT2D eigenvalue weighted by atomic mass is 35.5. The molecule has 1 unspecified atom stereocenters. The van der Waals surface area contributed by atoms with Gasteiger partial charge in [-0.25, -0.2) is 4.79 Å². The van der Waals surface area contributed by atoms with E-state index < -0.39 is 12.0 Å². The van der Waals surface area contributed by atoms with Gasteiger partial charge in [0, 0.05) is 10.7 Å². The Morgan fingerprint density at radius 1 is 1.56 bits per heavy atom. The molecule has 0 saturated heterocycles. The minimum atomic E-state index is -0.828. The molecule has 0 saturated carbocycles. The fourth-order valence-electron chi connectivity index (χ4n) is 1.25. The highest BCUT2D eigenvalue weighted by Crippen LogP contribution is 2.16. The van der Waals surface area contributed by atoms with Crippen LogP contribution in [0.25, 0.3) is 0 Å². The number of hydrogen-bond donors (Lipinski definition) is 1. The minimum Gasteiger partial charge on any atom is -0.463 e. The van der Waals surface area contributed by atoms with Gasteiger partial charge in [-0.1, -0.05) is 18.2 Å². The third kappa shape index (κ3) is 3.79. The number of carbonyl (C=O) groups is 1. The van der Waals surface area contributed by atoms with Gasteiger partial charge in [0.15, 0.2) is 0 Å². The predicted octanol–water partition coefficient (Wildman–Crippen LogP) is 2.76. The van der Waals surface area contributed by atoms with E-state index in [2.05, 4.69) is 11.9 Å². The molecular weight excluding hydrogens is 252 g/mol. The quantitative estimate of drug-likeness (QED) is 0.656. The van der Waals surface area contributed by atoms with Gasteiger partial charge in [0.2, 0.25) is 0 Å². The normalized spacial score (nSPS) is 11.2. The second-order valence-electron chi connectivity index (χ2n) is 3.46. The number of nitrogens with one attached hydrogen (secondary N) is 1. The third-order valence-electron chi connectivity index (χ3n) is 2.17. The van der Waals surface area contributed by atoms with Gasteiger partial charge in [0.1, 0.15) is 6.04 Å². The lowest BCUT2D eigenvalue weighted by Gasteiger charge is -2.14. The zero-order valence-electron chi connectivity index (χ0n) is 9.94. The summed E-state index contributed by atoms with van der Waals surface area (Å²) in [6.45, 7) is 5.51. The lowest BCUT2D eigenvalue weighted by molar-refractivity contribution is -0.138. The number of hydrogen-bond acceptors (Lipinski definition) is 4. The fourth-order valence-corrected chi connectivity index (χ4v) is 1.38. The second kappa shape index (κ2) is 6.67. The Morgan fingerprint density at radius 2 is 2.17 bits per heavy atom. The summed E-state index contributed by atoms with van der Waals surface area (Å²) < 4.78 is 4.79. The Kier molecular flexibility index (Phi) is 5.22. The average molecular weight is 265 g/mol. The zero-order valence-corrected chi connectivity index (χ0v) is 10.7. The topological polar surface area (TPSA) is 62.1 Å². The Balaban J connectivity index is 2.73. The Bertz CT molecular complexity index is 477. The van der Waals surface area contributed by atoms with Crippen molar-refractivity contribution < 1.29 is 9.53 Å². The third-order valence-corrected chi connectivity index (χ3v) is 2.42. The van der Waals surface area contributed by atoms with Crippen molar-refractivity contribution in [3.63, 3.8) is 0 Å². The molecule has 0 spiro atoms. The first-order valence-electron chi connectivity index (χ1n) is 5.36. The molecule has 0 heterocycles. The fraction of sp³-hybridized carbons (Fsp3) is 0.231. The lowest BCUT2D eigenvalue weighted by atomic mass is 10.1. The molecule has 1 aromatic rings. The van der Waals surface area contributed by atoms with Gasteiger partial charge in [0.05, 0.1) is 18.2 Å². The molecule has 0 radical (unpaired) electrons. The summed E-state index contributed by atoms with van der Waals surface area (Å²) in [6, 6.07) is 7.93. The van der Waals surface area contributed by atoms with Crippen LogP contribution < -0.4 is 5.32 Å². The van der Waals surface area contributed by atoms with E-state index >= 15 is 0 Å². The lowest BCUT2D eigenvalue weighted by Crippen LogP contribution is -2.25. The van der Waals surface area contributed by atoms with Crippen LogP contribution in [-0.2, 0) is 9.53 Å². The van der Waals surface area contributed by atoms with Crippen molar-refractivity contribution in [3.05, 3.63) is 41.4 Å². The highest BCUT2D eigenvalue weighted by Gasteiger charge is 2.19. The number of carbonyl (C=O) groups excluding carboxylic acids is 1. The summed E-state index contributed by atoms with van der Waals surface area (Å²) >= 11 is 5.75. The van der Waals surface area contributed by atoms with Crippen molar-refractivity contribution in [1.82, 2.24) is 0 Å². The Labute approximate surface area is 111 Å². The van der Waals surface area contributed by atoms with E-state index in [1.54, 1.807) is 31.2 Å². The summed E-state index contributed by atoms with van der Waals surface area (Å²) in [4.78, 5) is 11.5. The number of rotatable bonds is 5. The summed E-state index contributed by atoms with van der Waals surface area (Å²) in [5.41, 5.74) is 0.755. The molecule has 1 rings (SSSR count). The highest BCUT2D eigenvalue weighted by molar-refractivity contribution is 6.30. The van der Waals surface area contributed by atoms with E-state index in [0.717, 1.165) is 0 Å². The van der Waals surface area contributed by atoms with Crippen LogP contribution in [0, 0.1) is 11.3 Å². The Hall–Kier alpha value is -1.99. The number of anilines is 1. The van der Waals surface area contributed by atoms with Crippen LogP contribution in [0.4, 0.5) is 5.69 Å². The molecule has 0 aliphatic rings. The van der Waals surface area contributed by atoms with Crippen LogP contribution in [0.1, 0.15) is 6.92 Å². The number of halogens is 1. The summed E-state index contributed by atoms with van der Waals surface area (Å²) in [7, 11) is 0. The standard InChI is InChI=1S/C13H13ClN2O2/c1-3-18-13(17)9(2)12(8-15)16-11-6-4-10(14)5-7-11/h4-7,12,16H,2-3H2,1H3. The molecule has 1 aromatic carbocycles. The van der Waals surface area contributed by atoms with Crippen molar-refractivity contribution in [2.24, 2.45) is 0 Å². The summed E-state index contributed by atoms with van der Waals surface area (Å²) in [5.74, 6) is -0.578. The van der Waals surface area contributed by atoms with Crippen LogP contribution in [0.15, 0.2) is 36.4 Å². The van der Waals surface area contributed by atoms with Gasteiger partial charge in [0.25, 0.3) is 0 Å². The van der Waals surface area contributed by atoms with Gasteiger partial charge in [-0.15, -0.1) is 0 Å². The maximum atomic E-state index is 11.5. The zero-order chi connectivity index (χ0) is 13.5. The first-order valence-corrected chi connectivity index (χ1v) is 5.74. The van der Waals surface area contributed by atoms with Crippen LogP contribution in [0.2, 0.25) is 5.02 Å². The number of ether oxygens (including phenoxy) is 1. The molecule has 94 valence electrons. The van der Waals surface area contributed by atoms with E-state index in [0.29, 0.717) is 10.7 Å². The van der Waals surface area contributed by atoms with Crippen LogP contribution in [0.3, 0.4) is 0 Å². The van der Waals surface area contributed by atoms with Crippen LogP contribution >= 0.6 is 11.6 Å². The minimum absolute atomic E-state index is 0.0781. The molecule has 5 heteroatoms. The molecule has 1 N–H and O–H groups in total. The number of esters is 1. The van der Waals surface area contributed by atoms with Gasteiger partial charge < -0.3 is 10.1 Å². The molecule has 1 atom stereocenters. The summed E-state index contributed by atoms with van der Waals surface area (Å²) in [5, 5.41) is 12.5. The monoisotopic (exact) mass is 264 g/mol. The van der Waals surface area contributed by atoms with E-state index in [1.807, 2.05) is 6.07 Å². The molecule has 18 heavy (non-hydrogen) atoms. The first-order chi connectivity index (χ1) is 8.58. The molecule has 0 amide bonds. The van der Waals surface area contributed by atoms with Gasteiger partial charge in [-0.3, -0.25) is 0 Å². The molecule has 4 nitrogen and oxygen atoms in total. The molecule has 0 fully saturated rings. The van der Waals surface area contributed by atoms with Gasteiger partial charge in [-0.2, -0.15) is 5.26 Å². The number of benzene rings is 1. The van der Waals surface area contributed by atoms with Gasteiger partial charge in [-0.05, 0) is 31.2 Å². The second-order valence-corrected chi connectivity index (χ2v) is 3.90. The molecule has 0 aliphatic carbocycles. The van der Waals surface area contributed by atoms with Crippen molar-refractivity contribution in [3.8, 4) is 6.07 Å². The van der Waals surface area contributed by atoms with Crippen LogP contribution in [0.5, 0.6) is 0 Å². The summed E-state index contributed by atoms with van der Waals surface area (Å²) in [6.07, 6.45) is 0. The molecular formula is C13H13ClN2O2. The van der Waals surface area contributed by atoms with E-state index in [-0.39, 0.29) is 12.2 Å². The molecule has 0 aromatic heterocycles.